The third-order valence-electron chi connectivity index (χ3n) is 14.8. The Morgan fingerprint density at radius 2 is 0.712 bits per heavy atom. The fourth-order valence-corrected chi connectivity index (χ4v) is 9.84. The molecule has 0 aromatic carbocycles. The predicted molar refractivity (Wildman–Crippen MR) is 319 cm³/mol. The lowest BCUT2D eigenvalue weighted by Gasteiger charge is -2.20. The molecular formula is C67H125NO5. The van der Waals surface area contributed by atoms with Gasteiger partial charge in [-0.3, -0.25) is 9.59 Å². The topological polar surface area (TPSA) is 95.9 Å². The molecule has 3 N–H and O–H groups in total. The Balaban J connectivity index is 3.47. The van der Waals surface area contributed by atoms with Gasteiger partial charge < -0.3 is 20.3 Å². The maximum absolute atomic E-state index is 12.5. The van der Waals surface area contributed by atoms with E-state index in [0.717, 1.165) is 57.8 Å². The van der Waals surface area contributed by atoms with Crippen molar-refractivity contribution in [3.8, 4) is 0 Å². The van der Waals surface area contributed by atoms with Crippen molar-refractivity contribution in [2.24, 2.45) is 0 Å². The molecule has 0 saturated heterocycles. The molecule has 0 aliphatic rings. The summed E-state index contributed by atoms with van der Waals surface area (Å²) < 4.78 is 5.46. The van der Waals surface area contributed by atoms with Gasteiger partial charge in [-0.1, -0.05) is 294 Å². The molecule has 0 bridgehead atoms. The number of allylic oxidation sites excluding steroid dienone is 7. The Hall–Kier alpha value is -2.18. The summed E-state index contributed by atoms with van der Waals surface area (Å²) in [6, 6.07) is -0.636. The molecule has 0 aromatic heterocycles. The minimum absolute atomic E-state index is 0.00784. The second-order valence-corrected chi connectivity index (χ2v) is 22.1. The lowest BCUT2D eigenvalue weighted by atomic mass is 10.0. The SMILES string of the molecule is CCC/C=C\C/C=C\CCCCCCCC(=O)OCCCCCCCCCCCC/C=C\CCCCCCCCCC(=O)NC(CO)C(O)/C=C/CCCCCCCCCCCCCCCCCCCCCC. The van der Waals surface area contributed by atoms with Crippen molar-refractivity contribution in [1.82, 2.24) is 5.32 Å². The Labute approximate surface area is 455 Å². The van der Waals surface area contributed by atoms with Gasteiger partial charge in [0.2, 0.25) is 5.91 Å². The summed E-state index contributed by atoms with van der Waals surface area (Å²) in [6.07, 6.45) is 80.2. The molecule has 0 aliphatic carbocycles. The van der Waals surface area contributed by atoms with Crippen LogP contribution in [-0.2, 0) is 14.3 Å². The van der Waals surface area contributed by atoms with Gasteiger partial charge in [0.05, 0.1) is 25.4 Å². The summed E-state index contributed by atoms with van der Waals surface area (Å²) in [4.78, 5) is 24.5. The number of aliphatic hydroxyl groups is 2. The molecule has 0 spiro atoms. The number of rotatable bonds is 60. The molecule has 0 aliphatic heterocycles. The molecule has 0 heterocycles. The molecule has 428 valence electrons. The van der Waals surface area contributed by atoms with Crippen molar-refractivity contribution >= 4 is 11.9 Å². The quantitative estimate of drug-likeness (QED) is 0.0320. The predicted octanol–water partition coefficient (Wildman–Crippen LogP) is 20.5. The Bertz CT molecular complexity index is 1230. The van der Waals surface area contributed by atoms with Gasteiger partial charge in [0, 0.05) is 12.8 Å². The van der Waals surface area contributed by atoms with Gasteiger partial charge in [-0.2, -0.15) is 0 Å². The van der Waals surface area contributed by atoms with Gasteiger partial charge in [0.1, 0.15) is 0 Å². The monoisotopic (exact) mass is 1020 g/mol. The molecule has 0 saturated carbocycles. The van der Waals surface area contributed by atoms with Crippen LogP contribution >= 0.6 is 0 Å². The zero-order chi connectivity index (χ0) is 52.9. The smallest absolute Gasteiger partial charge is 0.305 e. The molecule has 0 radical (unpaired) electrons. The second-order valence-electron chi connectivity index (χ2n) is 22.1. The summed E-state index contributed by atoms with van der Waals surface area (Å²) in [5.74, 6) is -0.0815. The van der Waals surface area contributed by atoms with Gasteiger partial charge in [-0.15, -0.1) is 0 Å². The second kappa shape index (κ2) is 62.4. The van der Waals surface area contributed by atoms with Gasteiger partial charge in [0.15, 0.2) is 0 Å². The molecule has 2 unspecified atom stereocenters. The van der Waals surface area contributed by atoms with Gasteiger partial charge in [-0.05, 0) is 83.5 Å². The molecule has 73 heavy (non-hydrogen) atoms. The number of carbonyl (C=O) groups is 2. The maximum atomic E-state index is 12.5. The number of unbranched alkanes of at least 4 members (excludes halogenated alkanes) is 43. The zero-order valence-electron chi connectivity index (χ0n) is 48.9. The largest absolute Gasteiger partial charge is 0.466 e. The Kier molecular flexibility index (Phi) is 60.5. The normalized spacial score (nSPS) is 12.9. The molecule has 6 heteroatoms. The summed E-state index contributed by atoms with van der Waals surface area (Å²) in [6.45, 7) is 4.84. The summed E-state index contributed by atoms with van der Waals surface area (Å²) in [5, 5.41) is 23.2. The van der Waals surface area contributed by atoms with Crippen LogP contribution in [0.15, 0.2) is 48.6 Å². The van der Waals surface area contributed by atoms with Gasteiger partial charge in [-0.25, -0.2) is 0 Å². The van der Waals surface area contributed by atoms with E-state index >= 15 is 0 Å². The van der Waals surface area contributed by atoms with Crippen molar-refractivity contribution in [1.29, 1.82) is 0 Å². The first-order chi connectivity index (χ1) is 36.0. The van der Waals surface area contributed by atoms with Crippen molar-refractivity contribution in [3.05, 3.63) is 48.6 Å². The lowest BCUT2D eigenvalue weighted by Crippen LogP contribution is -2.45. The highest BCUT2D eigenvalue weighted by molar-refractivity contribution is 5.76. The van der Waals surface area contributed by atoms with Crippen LogP contribution in [0.1, 0.15) is 341 Å². The number of esters is 1. The average Bonchev–Trinajstić information content (AvgIpc) is 3.39. The van der Waals surface area contributed by atoms with Crippen LogP contribution < -0.4 is 5.32 Å². The molecule has 0 rings (SSSR count). The number of aliphatic hydroxyl groups excluding tert-OH is 2. The van der Waals surface area contributed by atoms with E-state index in [1.807, 2.05) is 6.08 Å². The van der Waals surface area contributed by atoms with Crippen LogP contribution in [0.25, 0.3) is 0 Å². The zero-order valence-corrected chi connectivity index (χ0v) is 48.9. The first-order valence-corrected chi connectivity index (χ1v) is 32.4. The number of ether oxygens (including phenoxy) is 1. The summed E-state index contributed by atoms with van der Waals surface area (Å²) >= 11 is 0. The lowest BCUT2D eigenvalue weighted by molar-refractivity contribution is -0.143. The number of hydrogen-bond acceptors (Lipinski definition) is 5. The minimum Gasteiger partial charge on any atom is -0.466 e. The van der Waals surface area contributed by atoms with E-state index in [1.165, 1.54) is 257 Å². The number of amides is 1. The van der Waals surface area contributed by atoms with E-state index in [0.29, 0.717) is 19.4 Å². The van der Waals surface area contributed by atoms with Crippen LogP contribution in [0.3, 0.4) is 0 Å². The molecular weight excluding hydrogens is 899 g/mol. The van der Waals surface area contributed by atoms with Gasteiger partial charge in [0.25, 0.3) is 0 Å². The fourth-order valence-electron chi connectivity index (χ4n) is 9.84. The van der Waals surface area contributed by atoms with Crippen molar-refractivity contribution in [2.75, 3.05) is 13.2 Å². The van der Waals surface area contributed by atoms with Crippen molar-refractivity contribution in [2.45, 2.75) is 353 Å². The fraction of sp³-hybridized carbons (Fsp3) is 0.851. The Morgan fingerprint density at radius 3 is 1.11 bits per heavy atom. The third kappa shape index (κ3) is 58.9. The maximum Gasteiger partial charge on any atom is 0.305 e. The highest BCUT2D eigenvalue weighted by atomic mass is 16.5. The summed E-state index contributed by atoms with van der Waals surface area (Å²) in [7, 11) is 0. The van der Waals surface area contributed by atoms with Crippen LogP contribution in [0.2, 0.25) is 0 Å². The highest BCUT2D eigenvalue weighted by Crippen LogP contribution is 2.17. The molecule has 6 nitrogen and oxygen atoms in total. The number of carbonyl (C=O) groups excluding carboxylic acids is 2. The van der Waals surface area contributed by atoms with Gasteiger partial charge >= 0.3 is 5.97 Å². The van der Waals surface area contributed by atoms with Crippen LogP contribution in [0, 0.1) is 0 Å². The first kappa shape index (κ1) is 70.8. The van der Waals surface area contributed by atoms with E-state index in [2.05, 4.69) is 55.6 Å². The number of hydrogen-bond donors (Lipinski definition) is 3. The first-order valence-electron chi connectivity index (χ1n) is 32.4. The van der Waals surface area contributed by atoms with Crippen LogP contribution in [0.4, 0.5) is 0 Å². The average molecular weight is 1020 g/mol. The molecule has 0 aromatic rings. The van der Waals surface area contributed by atoms with E-state index in [1.54, 1.807) is 6.08 Å². The van der Waals surface area contributed by atoms with E-state index < -0.39 is 12.1 Å². The molecule has 2 atom stereocenters. The standard InChI is InChI=1S/C67H125NO5/c1-3-5-7-9-11-13-15-17-18-19-20-21-23-26-29-32-36-39-43-47-51-55-59-65(70)64(63-69)68-66(71)60-56-52-48-44-40-37-33-30-27-24-22-25-28-31-34-38-42-46-50-54-58-62-73-67(72)61-57-53-49-45-41-35-16-14-12-10-8-6-4-2/h8,10,14,16,24,27,55,59,64-65,69-70H,3-7,9,11-13,15,17-23,25-26,28-54,56-58,60-63H2,1-2H3,(H,68,71)/b10-8-,16-14-,27-24-,59-55+. The third-order valence-corrected chi connectivity index (χ3v) is 14.8. The van der Waals surface area contributed by atoms with E-state index in [4.69, 9.17) is 4.74 Å². The highest BCUT2D eigenvalue weighted by Gasteiger charge is 2.18. The summed E-state index contributed by atoms with van der Waals surface area (Å²) in [5.41, 5.74) is 0. The minimum atomic E-state index is -0.851. The van der Waals surface area contributed by atoms with Crippen LogP contribution in [0.5, 0.6) is 0 Å². The molecule has 0 fully saturated rings. The Morgan fingerprint density at radius 1 is 0.384 bits per heavy atom. The van der Waals surface area contributed by atoms with E-state index in [9.17, 15) is 19.8 Å². The van der Waals surface area contributed by atoms with Crippen LogP contribution in [-0.4, -0.2) is 47.4 Å². The van der Waals surface area contributed by atoms with Crippen molar-refractivity contribution in [3.63, 3.8) is 0 Å². The number of nitrogens with one attached hydrogen (secondary N) is 1. The van der Waals surface area contributed by atoms with E-state index in [-0.39, 0.29) is 18.5 Å². The van der Waals surface area contributed by atoms with Crippen molar-refractivity contribution < 1.29 is 24.5 Å². The molecule has 1 amide bonds.